The predicted octanol–water partition coefficient (Wildman–Crippen LogP) is 7.12. The third-order valence-corrected chi connectivity index (χ3v) is 13.5. The van der Waals surface area contributed by atoms with Gasteiger partial charge in [0.25, 0.3) is 0 Å². The Morgan fingerprint density at radius 3 is 1.32 bits per heavy atom. The second-order valence-electron chi connectivity index (χ2n) is 9.59. The summed E-state index contributed by atoms with van der Waals surface area (Å²) in [6, 6.07) is 63.6. The van der Waals surface area contributed by atoms with Crippen LogP contribution >= 0.6 is 15.0 Å². The second-order valence-corrected chi connectivity index (χ2v) is 14.8. The quantitative estimate of drug-likeness (QED) is 0.179. The maximum atomic E-state index is 5.79. The van der Waals surface area contributed by atoms with Crippen LogP contribution in [0.5, 0.6) is 0 Å². The van der Waals surface area contributed by atoms with Crippen LogP contribution < -0.4 is 31.8 Å². The maximum Gasteiger partial charge on any atom is 0.0636 e. The molecule has 40 heavy (non-hydrogen) atoms. The smallest absolute Gasteiger partial charge is 0.0636 e. The number of hydrogen-bond acceptors (Lipinski definition) is 1. The fourth-order valence-corrected chi connectivity index (χ4v) is 11.9. The first-order chi connectivity index (χ1) is 19.9. The molecule has 0 radical (unpaired) electrons. The molecule has 0 saturated carbocycles. The van der Waals surface area contributed by atoms with Crippen LogP contribution in [0.15, 0.2) is 181 Å². The van der Waals surface area contributed by atoms with Crippen LogP contribution in [0, 0.1) is 0 Å². The topological polar surface area (TPSA) is 12.4 Å². The zero-order valence-electron chi connectivity index (χ0n) is 22.3. The van der Waals surface area contributed by atoms with Gasteiger partial charge in [0, 0.05) is 15.9 Å². The summed E-state index contributed by atoms with van der Waals surface area (Å²) < 4.78 is 5.79. The van der Waals surface area contributed by atoms with Crippen LogP contribution in [-0.2, 0) is 6.54 Å². The van der Waals surface area contributed by atoms with Gasteiger partial charge in [-0.3, -0.25) is 4.74 Å². The Balaban J connectivity index is 1.69. The summed E-state index contributed by atoms with van der Waals surface area (Å²) in [4.78, 5) is 0. The zero-order chi connectivity index (χ0) is 27.0. The lowest BCUT2D eigenvalue weighted by atomic mass is 10.2. The molecule has 6 aromatic rings. The van der Waals surface area contributed by atoms with Crippen LogP contribution in [0.4, 0.5) is 0 Å². The number of benzene rings is 6. The van der Waals surface area contributed by atoms with Gasteiger partial charge in [-0.1, -0.05) is 176 Å². The minimum atomic E-state index is -2.41. The Hall–Kier alpha value is -4.02. The summed E-state index contributed by atoms with van der Waals surface area (Å²) >= 11 is 0. The third-order valence-electron chi connectivity index (χ3n) is 7.07. The summed E-state index contributed by atoms with van der Waals surface area (Å²) in [6.45, 7) is 0.654. The van der Waals surface area contributed by atoms with Gasteiger partial charge < -0.3 is 0 Å². The average Bonchev–Trinajstić information content (AvgIpc) is 3.05. The van der Waals surface area contributed by atoms with Crippen LogP contribution in [0.1, 0.15) is 5.56 Å². The molecule has 0 atom stereocenters. The van der Waals surface area contributed by atoms with Crippen molar-refractivity contribution >= 4 is 46.8 Å². The molecule has 6 rings (SSSR count). The summed E-state index contributed by atoms with van der Waals surface area (Å²) in [5.41, 5.74) is 1.23. The first-order valence-electron chi connectivity index (χ1n) is 13.6. The highest BCUT2D eigenvalue weighted by atomic mass is 31.2. The third kappa shape index (κ3) is 5.37. The molecule has 0 aliphatic carbocycles. The van der Waals surface area contributed by atoms with E-state index in [4.69, 9.17) is 4.74 Å². The Morgan fingerprint density at radius 2 is 0.825 bits per heavy atom. The molecule has 0 fully saturated rings. The lowest BCUT2D eigenvalue weighted by Gasteiger charge is -2.32. The monoisotopic (exact) mass is 551 g/mol. The van der Waals surface area contributed by atoms with E-state index in [1.807, 2.05) is 0 Å². The summed E-state index contributed by atoms with van der Waals surface area (Å²) in [5, 5.41) is 7.95. The molecule has 0 amide bonds. The maximum absolute atomic E-state index is 5.79. The summed E-state index contributed by atoms with van der Waals surface area (Å²) in [6.07, 6.45) is 0. The van der Waals surface area contributed by atoms with E-state index in [0.29, 0.717) is 6.54 Å². The summed E-state index contributed by atoms with van der Waals surface area (Å²) in [7, 11) is -3.22. The Kier molecular flexibility index (Phi) is 8.15. The van der Waals surface area contributed by atoms with Gasteiger partial charge >= 0.3 is 0 Å². The van der Waals surface area contributed by atoms with Gasteiger partial charge in [-0.25, -0.2) is 0 Å². The molecule has 0 heterocycles. The zero-order valence-corrected chi connectivity index (χ0v) is 24.1. The van der Waals surface area contributed by atoms with Crippen LogP contribution in [0.25, 0.3) is 0 Å². The average molecular weight is 552 g/mol. The van der Waals surface area contributed by atoms with Gasteiger partial charge in [0.1, 0.15) is 0 Å². The largest absolute Gasteiger partial charge is 0.285 e. The molecule has 0 bridgehead atoms. The molecule has 0 N–H and O–H groups in total. The van der Waals surface area contributed by atoms with Crippen molar-refractivity contribution in [3.05, 3.63) is 181 Å². The summed E-state index contributed by atoms with van der Waals surface area (Å²) in [5.74, 6) is 0. The molecule has 0 aromatic heterocycles. The van der Waals surface area contributed by atoms with Crippen molar-refractivity contribution in [2.45, 2.75) is 6.54 Å². The van der Waals surface area contributed by atoms with Gasteiger partial charge in [-0.15, -0.1) is 0 Å². The van der Waals surface area contributed by atoms with E-state index in [0.717, 1.165) is 0 Å². The van der Waals surface area contributed by atoms with Gasteiger partial charge in [0.15, 0.2) is 0 Å². The molecule has 0 saturated heterocycles. The second kappa shape index (κ2) is 12.4. The fraction of sp³-hybridized carbons (Fsp3) is 0.0270. The Bertz CT molecular complexity index is 1620. The number of rotatable bonds is 8. The van der Waals surface area contributed by atoms with Gasteiger partial charge in [-0.05, 0) is 29.4 Å². The van der Waals surface area contributed by atoms with Crippen LogP contribution in [0.2, 0.25) is 0 Å². The molecule has 0 aliphatic rings. The SMILES string of the molecule is c1ccc(CN=P(c2ccccc2)(c2ccccc2)c2ccccc2P(c2ccccc2)c2ccccc2)cc1. The molecule has 1 nitrogen and oxygen atoms in total. The van der Waals surface area contributed by atoms with Crippen molar-refractivity contribution in [1.82, 2.24) is 0 Å². The van der Waals surface area contributed by atoms with E-state index in [2.05, 4.69) is 176 Å². The molecule has 6 aromatic carbocycles. The molecule has 3 heteroatoms. The first kappa shape index (κ1) is 26.2. The molecule has 194 valence electrons. The van der Waals surface area contributed by atoms with Crippen LogP contribution in [-0.4, -0.2) is 0 Å². The minimum Gasteiger partial charge on any atom is -0.285 e. The number of hydrogen-bond donors (Lipinski definition) is 0. The molecule has 0 aliphatic heterocycles. The van der Waals surface area contributed by atoms with Crippen molar-refractivity contribution in [3.8, 4) is 0 Å². The normalized spacial score (nSPS) is 11.3. The van der Waals surface area contributed by atoms with Gasteiger partial charge in [0.05, 0.1) is 13.6 Å². The molecular formula is C37H31NP2. The highest BCUT2D eigenvalue weighted by molar-refractivity contribution is 7.90. The number of nitrogens with zero attached hydrogens (tertiary/aromatic N) is 1. The van der Waals surface area contributed by atoms with Crippen molar-refractivity contribution < 1.29 is 0 Å². The molecule has 0 unspecified atom stereocenters. The van der Waals surface area contributed by atoms with Crippen molar-refractivity contribution in [3.63, 3.8) is 0 Å². The van der Waals surface area contributed by atoms with E-state index in [9.17, 15) is 0 Å². The van der Waals surface area contributed by atoms with Crippen molar-refractivity contribution in [2.24, 2.45) is 4.74 Å². The van der Waals surface area contributed by atoms with Crippen molar-refractivity contribution in [2.75, 3.05) is 0 Å². The van der Waals surface area contributed by atoms with Crippen molar-refractivity contribution in [1.29, 1.82) is 0 Å². The van der Waals surface area contributed by atoms with E-state index < -0.39 is 15.0 Å². The van der Waals surface area contributed by atoms with E-state index >= 15 is 0 Å². The highest BCUT2D eigenvalue weighted by Crippen LogP contribution is 2.48. The lowest BCUT2D eigenvalue weighted by Crippen LogP contribution is -2.37. The highest BCUT2D eigenvalue weighted by Gasteiger charge is 2.32. The van der Waals surface area contributed by atoms with E-state index in [-0.39, 0.29) is 0 Å². The predicted molar refractivity (Wildman–Crippen MR) is 176 cm³/mol. The van der Waals surface area contributed by atoms with Gasteiger partial charge in [-0.2, -0.15) is 0 Å². The van der Waals surface area contributed by atoms with Gasteiger partial charge in [0.2, 0.25) is 0 Å². The lowest BCUT2D eigenvalue weighted by molar-refractivity contribution is 1.09. The Labute approximate surface area is 239 Å². The first-order valence-corrected chi connectivity index (χ1v) is 16.7. The van der Waals surface area contributed by atoms with E-state index in [1.54, 1.807) is 0 Å². The van der Waals surface area contributed by atoms with E-state index in [1.165, 1.54) is 37.4 Å². The fourth-order valence-electron chi connectivity index (χ4n) is 5.23. The minimum absolute atomic E-state index is 0.654. The standard InChI is InChI=1S/C37H31NP2/c1-6-18-31(19-7-1)30-38-40(34-24-12-4-13-25-34,35-26-14-5-15-27-35)37-29-17-16-28-36(37)39(32-20-8-2-9-21-32)33-22-10-3-11-23-33/h1-29H,30H2. The Morgan fingerprint density at radius 1 is 0.425 bits per heavy atom. The van der Waals surface area contributed by atoms with Crippen LogP contribution in [0.3, 0.4) is 0 Å². The molecular weight excluding hydrogens is 520 g/mol. The molecule has 0 spiro atoms.